The van der Waals surface area contributed by atoms with Crippen LogP contribution >= 0.6 is 0 Å². The van der Waals surface area contributed by atoms with Crippen molar-refractivity contribution in [1.29, 1.82) is 0 Å². The minimum atomic E-state index is -0.991. The van der Waals surface area contributed by atoms with Crippen LogP contribution in [0.5, 0.6) is 0 Å². The summed E-state index contributed by atoms with van der Waals surface area (Å²) in [5.41, 5.74) is 1.08. The molecule has 0 fully saturated rings. The van der Waals surface area contributed by atoms with Gasteiger partial charge in [0, 0.05) is 13.1 Å². The monoisotopic (exact) mass is 242 g/mol. The van der Waals surface area contributed by atoms with Gasteiger partial charge in [0.05, 0.1) is 5.56 Å². The van der Waals surface area contributed by atoms with Crippen LogP contribution in [0.4, 0.5) is 6.01 Å². The number of benzene rings is 1. The fourth-order valence-electron chi connectivity index (χ4n) is 1.74. The first-order valence-corrected chi connectivity index (χ1v) is 5.55. The molecule has 0 aliphatic heterocycles. The molecule has 0 amide bonds. The number of hydrogen-bond donors (Lipinski definition) is 1. The van der Waals surface area contributed by atoms with Crippen LogP contribution in [0.2, 0.25) is 0 Å². The molecule has 0 unspecified atom stereocenters. The SMILES string of the molecule is CCN(CC)c1nc2c(C(=O)O)cccc2o1.[LiH]. The predicted octanol–water partition coefficient (Wildman–Crippen LogP) is 1.72. The van der Waals surface area contributed by atoms with Gasteiger partial charge >= 0.3 is 24.8 Å². The van der Waals surface area contributed by atoms with Crippen molar-refractivity contribution in [2.75, 3.05) is 18.0 Å². The maximum absolute atomic E-state index is 11.0. The second kappa shape index (κ2) is 5.94. The normalized spacial score (nSPS) is 10.1. The first-order chi connectivity index (χ1) is 8.17. The zero-order valence-corrected chi connectivity index (χ0v) is 9.80. The van der Waals surface area contributed by atoms with E-state index in [0.717, 1.165) is 13.1 Å². The summed E-state index contributed by atoms with van der Waals surface area (Å²) in [5.74, 6) is -0.991. The molecular weight excluding hydrogens is 227 g/mol. The zero-order valence-electron chi connectivity index (χ0n) is 9.80. The number of nitrogens with zero attached hydrogens (tertiary/aromatic N) is 2. The molecule has 1 heterocycles. The number of fused-ring (bicyclic) bond motifs is 1. The summed E-state index contributed by atoms with van der Waals surface area (Å²) in [7, 11) is 0. The molecule has 1 aromatic heterocycles. The molecule has 0 radical (unpaired) electrons. The van der Waals surface area contributed by atoms with Crippen molar-refractivity contribution in [2.24, 2.45) is 0 Å². The quantitative estimate of drug-likeness (QED) is 0.827. The Morgan fingerprint density at radius 2 is 2.06 bits per heavy atom. The Kier molecular flexibility index (Phi) is 4.82. The second-order valence-electron chi connectivity index (χ2n) is 3.63. The molecule has 2 rings (SSSR count). The molecule has 0 atom stereocenters. The van der Waals surface area contributed by atoms with Crippen LogP contribution < -0.4 is 4.90 Å². The molecule has 1 aromatic carbocycles. The van der Waals surface area contributed by atoms with E-state index in [2.05, 4.69) is 4.98 Å². The summed E-state index contributed by atoms with van der Waals surface area (Å²) in [6, 6.07) is 5.38. The average molecular weight is 242 g/mol. The third kappa shape index (κ3) is 2.52. The van der Waals surface area contributed by atoms with Gasteiger partial charge in [-0.05, 0) is 26.0 Å². The number of carboxylic acids is 1. The van der Waals surface area contributed by atoms with Crippen LogP contribution in [0.15, 0.2) is 22.6 Å². The Hall–Kier alpha value is -1.44. The molecule has 0 bridgehead atoms. The van der Waals surface area contributed by atoms with Crippen molar-refractivity contribution in [2.45, 2.75) is 13.8 Å². The van der Waals surface area contributed by atoms with Gasteiger partial charge in [-0.1, -0.05) is 6.07 Å². The predicted molar refractivity (Wildman–Crippen MR) is 71.7 cm³/mol. The molecule has 18 heavy (non-hydrogen) atoms. The Labute approximate surface area is 117 Å². The zero-order chi connectivity index (χ0) is 12.4. The van der Waals surface area contributed by atoms with Gasteiger partial charge in [0.2, 0.25) is 0 Å². The van der Waals surface area contributed by atoms with Gasteiger partial charge in [0.25, 0.3) is 6.01 Å². The maximum atomic E-state index is 11.0. The summed E-state index contributed by atoms with van der Waals surface area (Å²) in [4.78, 5) is 17.2. The Bertz CT molecular complexity index is 549. The van der Waals surface area contributed by atoms with E-state index in [1.54, 1.807) is 12.1 Å². The number of hydrogen-bond acceptors (Lipinski definition) is 4. The van der Waals surface area contributed by atoms with Gasteiger partial charge in [-0.3, -0.25) is 0 Å². The van der Waals surface area contributed by atoms with Crippen LogP contribution in [-0.2, 0) is 0 Å². The van der Waals surface area contributed by atoms with Crippen molar-refractivity contribution < 1.29 is 14.3 Å². The number of carbonyl (C=O) groups is 1. The number of carboxylic acid groups (broad SMARTS) is 1. The van der Waals surface area contributed by atoms with E-state index >= 15 is 0 Å². The third-order valence-corrected chi connectivity index (χ3v) is 2.67. The van der Waals surface area contributed by atoms with Crippen molar-refractivity contribution in [3.05, 3.63) is 23.8 Å². The molecule has 5 nitrogen and oxygen atoms in total. The molecule has 2 aromatic rings. The van der Waals surface area contributed by atoms with Crippen LogP contribution in [-0.4, -0.2) is 48.0 Å². The average Bonchev–Trinajstić information content (AvgIpc) is 2.73. The van der Waals surface area contributed by atoms with Crippen molar-refractivity contribution >= 4 is 41.9 Å². The van der Waals surface area contributed by atoms with E-state index in [0.29, 0.717) is 17.1 Å². The Morgan fingerprint density at radius 1 is 1.39 bits per heavy atom. The number of aromatic nitrogens is 1. The first-order valence-electron chi connectivity index (χ1n) is 5.55. The summed E-state index contributed by atoms with van der Waals surface area (Å²) in [6.07, 6.45) is 0. The first kappa shape index (κ1) is 14.6. The van der Waals surface area contributed by atoms with Crippen LogP contribution in [0.3, 0.4) is 0 Å². The number of aromatic carboxylic acids is 1. The summed E-state index contributed by atoms with van der Waals surface area (Å²) in [5, 5.41) is 9.05. The second-order valence-corrected chi connectivity index (χ2v) is 3.63. The molecule has 1 N–H and O–H groups in total. The van der Waals surface area contributed by atoms with Gasteiger partial charge in [-0.2, -0.15) is 4.98 Å². The molecule has 0 spiro atoms. The van der Waals surface area contributed by atoms with Gasteiger partial charge in [0.15, 0.2) is 5.58 Å². The summed E-state index contributed by atoms with van der Waals surface area (Å²) < 4.78 is 5.55. The Morgan fingerprint density at radius 3 is 2.61 bits per heavy atom. The summed E-state index contributed by atoms with van der Waals surface area (Å²) in [6.45, 7) is 5.53. The number of oxazole rings is 1. The fraction of sp³-hybridized carbons (Fsp3) is 0.333. The molecule has 0 saturated heterocycles. The number of anilines is 1. The van der Waals surface area contributed by atoms with Crippen molar-refractivity contribution in [1.82, 2.24) is 4.98 Å². The minimum absolute atomic E-state index is 0. The standard InChI is InChI=1S/C12H14N2O3.Li.H/c1-3-14(4-2)12-13-10-8(11(15)16)6-5-7-9(10)17-12;;/h5-7H,3-4H2,1-2H3,(H,15,16);;. The van der Waals surface area contributed by atoms with E-state index in [4.69, 9.17) is 9.52 Å². The fourth-order valence-corrected chi connectivity index (χ4v) is 1.74. The number of rotatable bonds is 4. The summed E-state index contributed by atoms with van der Waals surface area (Å²) >= 11 is 0. The molecule has 0 saturated carbocycles. The van der Waals surface area contributed by atoms with Crippen molar-refractivity contribution in [3.63, 3.8) is 0 Å². The van der Waals surface area contributed by atoms with E-state index < -0.39 is 5.97 Å². The molecule has 0 aliphatic rings. The Balaban J connectivity index is 0.00000162. The molecule has 6 heteroatoms. The van der Waals surface area contributed by atoms with Crippen LogP contribution in [0, 0.1) is 0 Å². The van der Waals surface area contributed by atoms with E-state index in [1.165, 1.54) is 6.07 Å². The number of para-hydroxylation sites is 1. The van der Waals surface area contributed by atoms with Crippen LogP contribution in [0.1, 0.15) is 24.2 Å². The van der Waals surface area contributed by atoms with Gasteiger partial charge in [0.1, 0.15) is 5.52 Å². The van der Waals surface area contributed by atoms with Crippen LogP contribution in [0.25, 0.3) is 11.1 Å². The van der Waals surface area contributed by atoms with Crippen molar-refractivity contribution in [3.8, 4) is 0 Å². The molecule has 0 aliphatic carbocycles. The van der Waals surface area contributed by atoms with E-state index in [-0.39, 0.29) is 24.4 Å². The van der Waals surface area contributed by atoms with Gasteiger partial charge in [-0.25, -0.2) is 4.79 Å². The van der Waals surface area contributed by atoms with E-state index in [1.807, 2.05) is 18.7 Å². The third-order valence-electron chi connectivity index (χ3n) is 2.67. The molecule has 92 valence electrons. The topological polar surface area (TPSA) is 66.6 Å². The van der Waals surface area contributed by atoms with Gasteiger partial charge in [-0.15, -0.1) is 0 Å². The van der Waals surface area contributed by atoms with E-state index in [9.17, 15) is 4.79 Å². The van der Waals surface area contributed by atoms with Gasteiger partial charge < -0.3 is 14.4 Å². The molecular formula is C12H15LiN2O3.